The van der Waals surface area contributed by atoms with E-state index in [1.807, 2.05) is 0 Å². The van der Waals surface area contributed by atoms with Gasteiger partial charge in [-0.1, -0.05) is 28.1 Å². The Kier molecular flexibility index (Phi) is 7.30. The topological polar surface area (TPSA) is 51.1 Å². The number of rotatable bonds is 6. The van der Waals surface area contributed by atoms with E-state index in [9.17, 15) is 31.1 Å². The van der Waals surface area contributed by atoms with Crippen molar-refractivity contribution in [3.8, 4) is 11.5 Å². The van der Waals surface area contributed by atoms with Crippen molar-refractivity contribution in [1.29, 1.82) is 0 Å². The molecule has 0 fully saturated rings. The van der Waals surface area contributed by atoms with Crippen LogP contribution in [0.15, 0.2) is 51.5 Å². The van der Waals surface area contributed by atoms with Crippen molar-refractivity contribution in [2.75, 3.05) is 12.1 Å². The van der Waals surface area contributed by atoms with Gasteiger partial charge < -0.3 is 9.47 Å². The lowest BCUT2D eigenvalue weighted by atomic mass is 10.1. The van der Waals surface area contributed by atoms with Gasteiger partial charge in [0.15, 0.2) is 34.8 Å². The maximum absolute atomic E-state index is 14.3. The maximum atomic E-state index is 14.3. The number of benzene rings is 3. The van der Waals surface area contributed by atoms with E-state index in [1.54, 1.807) is 18.2 Å². The largest absolute Gasteiger partial charge is 0.493 e. The summed E-state index contributed by atoms with van der Waals surface area (Å²) in [7, 11) is 1.38. The summed E-state index contributed by atoms with van der Waals surface area (Å²) < 4.78 is 93.9. The molecule has 0 bridgehead atoms. The maximum Gasteiger partial charge on any atom is 0.280 e. The number of anilines is 1. The summed E-state index contributed by atoms with van der Waals surface area (Å²) >= 11 is 3.35. The van der Waals surface area contributed by atoms with E-state index in [0.29, 0.717) is 21.3 Å². The van der Waals surface area contributed by atoms with Gasteiger partial charge in [0.25, 0.3) is 5.91 Å². The molecule has 5 nitrogen and oxygen atoms in total. The van der Waals surface area contributed by atoms with Gasteiger partial charge in [-0.15, -0.1) is 0 Å². The summed E-state index contributed by atoms with van der Waals surface area (Å²) in [5.41, 5.74) is -0.612. The fraction of sp³-hybridized carbons (Fsp3) is 0.120. The lowest BCUT2D eigenvalue weighted by molar-refractivity contribution is -0.114. The molecule has 1 heterocycles. The first-order chi connectivity index (χ1) is 17.5. The molecule has 1 amide bonds. The van der Waals surface area contributed by atoms with Gasteiger partial charge in [-0.05, 0) is 48.4 Å². The summed E-state index contributed by atoms with van der Waals surface area (Å²) in [6.07, 6.45) is 1.31. The molecule has 0 spiro atoms. The van der Waals surface area contributed by atoms with Gasteiger partial charge >= 0.3 is 0 Å². The number of methoxy groups -OCH3 is 1. The van der Waals surface area contributed by atoms with Gasteiger partial charge in [0.1, 0.15) is 18.1 Å². The van der Waals surface area contributed by atoms with Crippen LogP contribution < -0.4 is 14.5 Å². The van der Waals surface area contributed by atoms with Crippen LogP contribution in [-0.2, 0) is 11.4 Å². The molecule has 0 N–H and O–H groups in total. The number of amides is 1. The summed E-state index contributed by atoms with van der Waals surface area (Å²) in [6.45, 7) is 1.44. The van der Waals surface area contributed by atoms with Crippen LogP contribution in [0.25, 0.3) is 6.08 Å². The van der Waals surface area contributed by atoms with Crippen LogP contribution in [0.4, 0.5) is 32.0 Å². The fourth-order valence-electron chi connectivity index (χ4n) is 3.45. The molecule has 0 saturated heterocycles. The van der Waals surface area contributed by atoms with Crippen LogP contribution in [0.2, 0.25) is 0 Å². The van der Waals surface area contributed by atoms with Crippen LogP contribution in [0, 0.1) is 34.9 Å². The first kappa shape index (κ1) is 26.3. The molecule has 4 rings (SSSR count). The molecule has 3 aromatic rings. The zero-order valence-electron chi connectivity index (χ0n) is 19.0. The number of carbonyl (C=O) groups is 1. The Balaban J connectivity index is 1.66. The molecule has 3 aromatic carbocycles. The molecule has 1 aliphatic heterocycles. The fourth-order valence-corrected chi connectivity index (χ4v) is 3.88. The highest BCUT2D eigenvalue weighted by Gasteiger charge is 2.37. The van der Waals surface area contributed by atoms with E-state index in [-0.39, 0.29) is 34.5 Å². The molecule has 12 heteroatoms. The lowest BCUT2D eigenvalue weighted by Gasteiger charge is -2.15. The van der Waals surface area contributed by atoms with Gasteiger partial charge in [0, 0.05) is 4.47 Å². The van der Waals surface area contributed by atoms with Gasteiger partial charge in [-0.3, -0.25) is 4.79 Å². The molecule has 1 aliphatic rings. The second kappa shape index (κ2) is 10.3. The lowest BCUT2D eigenvalue weighted by Crippen LogP contribution is -2.25. The monoisotopic (exact) mass is 584 g/mol. The Bertz CT molecular complexity index is 1450. The van der Waals surface area contributed by atoms with E-state index in [1.165, 1.54) is 38.3 Å². The highest BCUT2D eigenvalue weighted by molar-refractivity contribution is 9.10. The van der Waals surface area contributed by atoms with Gasteiger partial charge in [0.05, 0.1) is 18.4 Å². The summed E-state index contributed by atoms with van der Waals surface area (Å²) in [5.74, 6) is -12.0. The Morgan fingerprint density at radius 1 is 0.919 bits per heavy atom. The molecule has 192 valence electrons. The van der Waals surface area contributed by atoms with Crippen molar-refractivity contribution >= 4 is 39.3 Å². The van der Waals surface area contributed by atoms with E-state index in [0.717, 1.165) is 0 Å². The smallest absolute Gasteiger partial charge is 0.280 e. The van der Waals surface area contributed by atoms with Crippen molar-refractivity contribution < 1.29 is 40.6 Å². The van der Waals surface area contributed by atoms with Crippen molar-refractivity contribution in [3.05, 3.63) is 92.5 Å². The Labute approximate surface area is 214 Å². The van der Waals surface area contributed by atoms with Crippen molar-refractivity contribution in [2.24, 2.45) is 5.10 Å². The predicted molar refractivity (Wildman–Crippen MR) is 126 cm³/mol. The van der Waals surface area contributed by atoms with E-state index < -0.39 is 40.7 Å². The van der Waals surface area contributed by atoms with Crippen molar-refractivity contribution in [1.82, 2.24) is 0 Å². The highest BCUT2D eigenvalue weighted by atomic mass is 79.9. The summed E-state index contributed by atoms with van der Waals surface area (Å²) in [5, 5.41) is 3.84. The Hall–Kier alpha value is -3.80. The zero-order valence-corrected chi connectivity index (χ0v) is 20.6. The molecule has 0 aliphatic carbocycles. The predicted octanol–water partition coefficient (Wildman–Crippen LogP) is 6.68. The highest BCUT2D eigenvalue weighted by Crippen LogP contribution is 2.37. The molecular weight excluding hydrogens is 570 g/mol. The summed E-state index contributed by atoms with van der Waals surface area (Å²) in [4.78, 5) is 12.9. The van der Waals surface area contributed by atoms with Crippen LogP contribution in [0.3, 0.4) is 0 Å². The number of halogens is 7. The third-order valence-electron chi connectivity index (χ3n) is 5.35. The third-order valence-corrected chi connectivity index (χ3v) is 6.04. The van der Waals surface area contributed by atoms with Crippen LogP contribution >= 0.6 is 15.9 Å². The van der Waals surface area contributed by atoms with E-state index >= 15 is 0 Å². The first-order valence-electron chi connectivity index (χ1n) is 10.4. The van der Waals surface area contributed by atoms with Crippen molar-refractivity contribution in [2.45, 2.75) is 13.5 Å². The van der Waals surface area contributed by atoms with Crippen LogP contribution in [0.5, 0.6) is 11.5 Å². The Morgan fingerprint density at radius 2 is 1.51 bits per heavy atom. The molecule has 0 unspecified atom stereocenters. The molecule has 0 aromatic heterocycles. The van der Waals surface area contributed by atoms with Gasteiger partial charge in [-0.25, -0.2) is 26.3 Å². The minimum absolute atomic E-state index is 0.0311. The minimum atomic E-state index is -2.35. The number of carbonyl (C=O) groups excluding carboxylic acids is 1. The molecule has 37 heavy (non-hydrogen) atoms. The second-order valence-electron chi connectivity index (χ2n) is 7.72. The standard InChI is InChI=1S/C25H15BrF6N2O3/c1-11-15(25(35)34(33-11)24-22(31)20(29)19(28)21(30)23(24)32)7-13-8-17(36-2)18(9-16(13)26)37-10-12-3-5-14(27)6-4-12/h3-9H,10H2,1-2H3/b15-7+. The van der Waals surface area contributed by atoms with Gasteiger partial charge in [0.2, 0.25) is 5.82 Å². The summed E-state index contributed by atoms with van der Waals surface area (Å²) in [6, 6.07) is 8.74. The zero-order chi connectivity index (χ0) is 27.0. The normalized spacial score (nSPS) is 14.4. The quantitative estimate of drug-likeness (QED) is 0.141. The minimum Gasteiger partial charge on any atom is -0.493 e. The average molecular weight is 585 g/mol. The Morgan fingerprint density at radius 3 is 2.11 bits per heavy atom. The number of hydrogen-bond donors (Lipinski definition) is 0. The number of ether oxygens (including phenoxy) is 2. The second-order valence-corrected chi connectivity index (χ2v) is 8.57. The van der Waals surface area contributed by atoms with E-state index in [4.69, 9.17) is 9.47 Å². The van der Waals surface area contributed by atoms with E-state index in [2.05, 4.69) is 21.0 Å². The average Bonchev–Trinajstić information content (AvgIpc) is 3.15. The van der Waals surface area contributed by atoms with Crippen LogP contribution in [0.1, 0.15) is 18.1 Å². The first-order valence-corrected chi connectivity index (χ1v) is 11.2. The van der Waals surface area contributed by atoms with Crippen molar-refractivity contribution in [3.63, 3.8) is 0 Å². The van der Waals surface area contributed by atoms with Gasteiger partial charge in [-0.2, -0.15) is 10.1 Å². The molecular formula is C25H15BrF6N2O3. The number of hydrogen-bond acceptors (Lipinski definition) is 4. The number of hydrazone groups is 1. The SMILES string of the molecule is COc1cc(/C=C2/C(=O)N(c3c(F)c(F)c(F)c(F)c3F)N=C2C)c(Br)cc1OCc1ccc(F)cc1. The molecule has 0 atom stereocenters. The molecule has 0 saturated carbocycles. The number of nitrogens with zero attached hydrogens (tertiary/aromatic N) is 2. The van der Waals surface area contributed by atoms with Crippen LogP contribution in [-0.4, -0.2) is 18.7 Å². The molecule has 0 radical (unpaired) electrons. The third kappa shape index (κ3) is 4.93.